The Morgan fingerprint density at radius 3 is 2.71 bits per heavy atom. The summed E-state index contributed by atoms with van der Waals surface area (Å²) in [5, 5.41) is 5.09. The number of halogens is 1. The molecule has 0 aliphatic rings. The normalized spacial score (nSPS) is 11.5. The van der Waals surface area contributed by atoms with E-state index in [2.05, 4.69) is 16.8 Å². The molecule has 3 nitrogen and oxygen atoms in total. The van der Waals surface area contributed by atoms with Crippen LogP contribution >= 0.6 is 23.7 Å². The first-order chi connectivity index (χ1) is 9.65. The molecule has 0 saturated heterocycles. The summed E-state index contributed by atoms with van der Waals surface area (Å²) in [6.07, 6.45) is 2.05. The minimum atomic E-state index is 0. The Balaban J connectivity index is 0.00000220. The molecule has 1 amide bonds. The van der Waals surface area contributed by atoms with E-state index in [0.29, 0.717) is 12.8 Å². The molecule has 0 saturated carbocycles. The third-order valence-corrected chi connectivity index (χ3v) is 4.07. The van der Waals surface area contributed by atoms with E-state index in [1.54, 1.807) is 11.3 Å². The molecular formula is C16H21ClN2OS. The van der Waals surface area contributed by atoms with Gasteiger partial charge < -0.3 is 11.1 Å². The topological polar surface area (TPSA) is 55.1 Å². The zero-order chi connectivity index (χ0) is 14.4. The number of hydrogen-bond donors (Lipinski definition) is 2. The highest BCUT2D eigenvalue weighted by Crippen LogP contribution is 2.13. The van der Waals surface area contributed by atoms with Crippen LogP contribution in [0.2, 0.25) is 0 Å². The van der Waals surface area contributed by atoms with Crippen molar-refractivity contribution in [3.05, 3.63) is 52.2 Å². The van der Waals surface area contributed by atoms with Crippen LogP contribution in [0.4, 0.5) is 5.69 Å². The molecule has 2 aromatic rings. The van der Waals surface area contributed by atoms with E-state index in [9.17, 15) is 4.79 Å². The Labute approximate surface area is 136 Å². The lowest BCUT2D eigenvalue weighted by atomic mass is 10.1. The van der Waals surface area contributed by atoms with Crippen molar-refractivity contribution in [2.45, 2.75) is 32.2 Å². The van der Waals surface area contributed by atoms with Gasteiger partial charge in [-0.25, -0.2) is 0 Å². The number of para-hydroxylation sites is 1. The third-order valence-electron chi connectivity index (χ3n) is 3.17. The van der Waals surface area contributed by atoms with Crippen molar-refractivity contribution in [1.29, 1.82) is 0 Å². The van der Waals surface area contributed by atoms with Crippen LogP contribution in [-0.4, -0.2) is 11.9 Å². The van der Waals surface area contributed by atoms with Crippen molar-refractivity contribution in [2.75, 3.05) is 5.73 Å². The number of hydrogen-bond acceptors (Lipinski definition) is 3. The van der Waals surface area contributed by atoms with Gasteiger partial charge in [0.1, 0.15) is 0 Å². The summed E-state index contributed by atoms with van der Waals surface area (Å²) < 4.78 is 0. The fourth-order valence-corrected chi connectivity index (χ4v) is 2.97. The first-order valence-corrected chi connectivity index (χ1v) is 7.68. The van der Waals surface area contributed by atoms with E-state index in [4.69, 9.17) is 5.73 Å². The van der Waals surface area contributed by atoms with Crippen molar-refractivity contribution in [2.24, 2.45) is 0 Å². The summed E-state index contributed by atoms with van der Waals surface area (Å²) in [4.78, 5) is 13.2. The zero-order valence-corrected chi connectivity index (χ0v) is 13.7. The molecule has 1 atom stereocenters. The summed E-state index contributed by atoms with van der Waals surface area (Å²) in [6.45, 7) is 2.04. The van der Waals surface area contributed by atoms with Gasteiger partial charge in [-0.05, 0) is 36.4 Å². The summed E-state index contributed by atoms with van der Waals surface area (Å²) in [6, 6.07) is 12.0. The lowest BCUT2D eigenvalue weighted by Gasteiger charge is -2.13. The number of nitrogens with one attached hydrogen (secondary N) is 1. The van der Waals surface area contributed by atoms with Gasteiger partial charge in [0.25, 0.3) is 0 Å². The molecule has 5 heteroatoms. The molecule has 1 heterocycles. The average Bonchev–Trinajstić information content (AvgIpc) is 2.90. The van der Waals surface area contributed by atoms with Crippen LogP contribution in [0.25, 0.3) is 0 Å². The number of nitrogen functional groups attached to an aromatic ring is 1. The van der Waals surface area contributed by atoms with Gasteiger partial charge in [0.2, 0.25) is 5.91 Å². The van der Waals surface area contributed by atoms with Gasteiger partial charge in [-0.3, -0.25) is 4.79 Å². The Kier molecular flexibility index (Phi) is 7.26. The Morgan fingerprint density at radius 1 is 1.29 bits per heavy atom. The fraction of sp³-hybridized carbons (Fsp3) is 0.312. The lowest BCUT2D eigenvalue weighted by Crippen LogP contribution is -2.34. The molecular weight excluding hydrogens is 304 g/mol. The predicted molar refractivity (Wildman–Crippen MR) is 92.1 cm³/mol. The average molecular weight is 325 g/mol. The van der Waals surface area contributed by atoms with Crippen molar-refractivity contribution in [1.82, 2.24) is 5.32 Å². The molecule has 0 aliphatic carbocycles. The van der Waals surface area contributed by atoms with Gasteiger partial charge in [0.05, 0.1) is 0 Å². The van der Waals surface area contributed by atoms with Gasteiger partial charge in [0.15, 0.2) is 0 Å². The SMILES string of the molecule is CC(Cc1cccs1)NC(=O)CCc1ccccc1N.Cl. The molecule has 3 N–H and O–H groups in total. The van der Waals surface area contributed by atoms with Crippen molar-refractivity contribution >= 4 is 35.3 Å². The summed E-state index contributed by atoms with van der Waals surface area (Å²) in [7, 11) is 0. The fourth-order valence-electron chi connectivity index (χ4n) is 2.14. The van der Waals surface area contributed by atoms with E-state index >= 15 is 0 Å². The number of carbonyl (C=O) groups excluding carboxylic acids is 1. The Morgan fingerprint density at radius 2 is 2.05 bits per heavy atom. The number of nitrogens with two attached hydrogens (primary N) is 1. The Bertz CT molecular complexity index is 557. The van der Waals surface area contributed by atoms with Crippen LogP contribution in [0.3, 0.4) is 0 Å². The second-order valence-corrected chi connectivity index (χ2v) is 5.98. The van der Waals surface area contributed by atoms with Crippen molar-refractivity contribution in [3.63, 3.8) is 0 Å². The lowest BCUT2D eigenvalue weighted by molar-refractivity contribution is -0.121. The minimum Gasteiger partial charge on any atom is -0.399 e. The third kappa shape index (κ3) is 5.78. The van der Waals surface area contributed by atoms with Crippen LogP contribution in [0.15, 0.2) is 41.8 Å². The maximum absolute atomic E-state index is 11.9. The number of anilines is 1. The first kappa shape index (κ1) is 17.5. The maximum Gasteiger partial charge on any atom is 0.220 e. The summed E-state index contributed by atoms with van der Waals surface area (Å²) in [5.41, 5.74) is 7.66. The van der Waals surface area contributed by atoms with Crippen LogP contribution in [-0.2, 0) is 17.6 Å². The molecule has 21 heavy (non-hydrogen) atoms. The highest BCUT2D eigenvalue weighted by molar-refractivity contribution is 7.09. The molecule has 2 rings (SSSR count). The molecule has 0 fully saturated rings. The highest BCUT2D eigenvalue weighted by atomic mass is 35.5. The standard InChI is InChI=1S/C16H20N2OS.ClH/c1-12(11-14-6-4-10-20-14)18-16(19)9-8-13-5-2-3-7-15(13)17;/h2-7,10,12H,8-9,11,17H2,1H3,(H,18,19);1H. The van der Waals surface area contributed by atoms with Crippen LogP contribution in [0, 0.1) is 0 Å². The molecule has 0 aliphatic heterocycles. The van der Waals surface area contributed by atoms with Gasteiger partial charge in [-0.2, -0.15) is 0 Å². The maximum atomic E-state index is 11.9. The van der Waals surface area contributed by atoms with Gasteiger partial charge in [-0.15, -0.1) is 23.7 Å². The van der Waals surface area contributed by atoms with Gasteiger partial charge >= 0.3 is 0 Å². The molecule has 0 bridgehead atoms. The summed E-state index contributed by atoms with van der Waals surface area (Å²) >= 11 is 1.72. The van der Waals surface area contributed by atoms with E-state index in [-0.39, 0.29) is 24.4 Å². The molecule has 0 spiro atoms. The van der Waals surface area contributed by atoms with Crippen molar-refractivity contribution in [3.8, 4) is 0 Å². The number of carbonyl (C=O) groups is 1. The Hall–Kier alpha value is -1.52. The van der Waals surface area contributed by atoms with Crippen molar-refractivity contribution < 1.29 is 4.79 Å². The number of benzene rings is 1. The minimum absolute atomic E-state index is 0. The molecule has 1 unspecified atom stereocenters. The number of thiophene rings is 1. The predicted octanol–water partition coefficient (Wildman–Crippen LogP) is 3.43. The second kappa shape index (κ2) is 8.70. The highest BCUT2D eigenvalue weighted by Gasteiger charge is 2.09. The molecule has 1 aromatic carbocycles. The van der Waals surface area contributed by atoms with Crippen LogP contribution in [0.5, 0.6) is 0 Å². The number of rotatable bonds is 6. The van der Waals surface area contributed by atoms with E-state index in [0.717, 1.165) is 17.7 Å². The number of aryl methyl sites for hydroxylation is 1. The van der Waals surface area contributed by atoms with Gasteiger partial charge in [-0.1, -0.05) is 24.3 Å². The van der Waals surface area contributed by atoms with E-state index in [1.165, 1.54) is 4.88 Å². The number of amides is 1. The molecule has 1 aromatic heterocycles. The second-order valence-electron chi connectivity index (χ2n) is 4.95. The largest absolute Gasteiger partial charge is 0.399 e. The monoisotopic (exact) mass is 324 g/mol. The smallest absolute Gasteiger partial charge is 0.220 e. The van der Waals surface area contributed by atoms with Crippen LogP contribution in [0.1, 0.15) is 23.8 Å². The molecule has 114 valence electrons. The molecule has 0 radical (unpaired) electrons. The van der Waals surface area contributed by atoms with Crippen LogP contribution < -0.4 is 11.1 Å². The zero-order valence-electron chi connectivity index (χ0n) is 12.0. The quantitative estimate of drug-likeness (QED) is 0.800. The summed E-state index contributed by atoms with van der Waals surface area (Å²) in [5.74, 6) is 0.0808. The first-order valence-electron chi connectivity index (χ1n) is 6.80. The van der Waals surface area contributed by atoms with Gasteiger partial charge in [0, 0.05) is 29.4 Å². The van der Waals surface area contributed by atoms with E-state index < -0.39 is 0 Å². The van der Waals surface area contributed by atoms with E-state index in [1.807, 2.05) is 37.3 Å².